The van der Waals surface area contributed by atoms with Gasteiger partial charge in [-0.15, -0.1) is 6.42 Å². The van der Waals surface area contributed by atoms with Gasteiger partial charge in [-0.1, -0.05) is 18.1 Å². The summed E-state index contributed by atoms with van der Waals surface area (Å²) < 4.78 is 5.28. The number of ether oxygens (including phenoxy) is 1. The number of carbonyl (C=O) groups excluding carboxylic acids is 1. The molecule has 1 heterocycles. The lowest BCUT2D eigenvalue weighted by molar-refractivity contribution is -0.124. The Morgan fingerprint density at radius 1 is 1.32 bits per heavy atom. The number of terminal acetylenes is 1. The largest absolute Gasteiger partial charge is 0.481 e. The van der Waals surface area contributed by atoms with Gasteiger partial charge < -0.3 is 9.64 Å². The first kappa shape index (κ1) is 13.2. The minimum absolute atomic E-state index is 0.0881. The molecular weight excluding hydrogens is 238 g/mol. The van der Waals surface area contributed by atoms with Crippen LogP contribution in [-0.4, -0.2) is 30.5 Å². The van der Waals surface area contributed by atoms with Crippen LogP contribution in [0, 0.1) is 12.3 Å². The summed E-state index contributed by atoms with van der Waals surface area (Å²) >= 11 is 0. The lowest BCUT2D eigenvalue weighted by atomic mass is 10.2. The highest BCUT2D eigenvalue weighted by molar-refractivity contribution is 5.91. The summed E-state index contributed by atoms with van der Waals surface area (Å²) in [5.41, 5.74) is 0.973. The normalized spacial score (nSPS) is 14.6. The van der Waals surface area contributed by atoms with E-state index in [1.165, 1.54) is 0 Å². The Balaban J connectivity index is 1.91. The zero-order valence-electron chi connectivity index (χ0n) is 10.8. The van der Waals surface area contributed by atoms with Crippen LogP contribution in [0.1, 0.15) is 18.4 Å². The Kier molecular flexibility index (Phi) is 4.63. The second-order valence-corrected chi connectivity index (χ2v) is 4.43. The summed E-state index contributed by atoms with van der Waals surface area (Å²) in [7, 11) is 0. The maximum absolute atomic E-state index is 11.8. The molecule has 0 N–H and O–H groups in total. The number of likely N-dealkylation sites (tertiary alicyclic amines) is 1. The van der Waals surface area contributed by atoms with E-state index in [0.29, 0.717) is 0 Å². The molecule has 98 valence electrons. The molecule has 1 aliphatic heterocycles. The summed E-state index contributed by atoms with van der Waals surface area (Å²) in [6, 6.07) is 7.49. The molecule has 0 spiro atoms. The Morgan fingerprint density at radius 2 is 2.00 bits per heavy atom. The van der Waals surface area contributed by atoms with E-state index >= 15 is 0 Å². The van der Waals surface area contributed by atoms with Gasteiger partial charge in [-0.05, 0) is 36.6 Å². The second-order valence-electron chi connectivity index (χ2n) is 4.43. The molecule has 3 heteroatoms. The predicted octanol–water partition coefficient (Wildman–Crippen LogP) is 2.33. The van der Waals surface area contributed by atoms with Gasteiger partial charge in [0.1, 0.15) is 12.4 Å². The Morgan fingerprint density at radius 3 is 2.63 bits per heavy atom. The summed E-state index contributed by atoms with van der Waals surface area (Å²) in [5, 5.41) is 0. The van der Waals surface area contributed by atoms with Crippen molar-refractivity contribution < 1.29 is 9.53 Å². The monoisotopic (exact) mass is 255 g/mol. The maximum Gasteiger partial charge on any atom is 0.246 e. The predicted molar refractivity (Wildman–Crippen MR) is 75.6 cm³/mol. The minimum Gasteiger partial charge on any atom is -0.481 e. The van der Waals surface area contributed by atoms with E-state index in [1.54, 1.807) is 6.08 Å². The first-order valence-corrected chi connectivity index (χ1v) is 6.43. The van der Waals surface area contributed by atoms with Gasteiger partial charge in [-0.3, -0.25) is 4.79 Å². The van der Waals surface area contributed by atoms with Crippen molar-refractivity contribution in [2.45, 2.75) is 12.8 Å². The molecular formula is C16H17NO2. The van der Waals surface area contributed by atoms with E-state index < -0.39 is 0 Å². The van der Waals surface area contributed by atoms with Gasteiger partial charge in [0.05, 0.1) is 0 Å². The molecule has 1 aliphatic rings. The van der Waals surface area contributed by atoms with Crippen LogP contribution >= 0.6 is 0 Å². The third kappa shape index (κ3) is 3.89. The summed E-state index contributed by atoms with van der Waals surface area (Å²) in [4.78, 5) is 13.7. The smallest absolute Gasteiger partial charge is 0.246 e. The van der Waals surface area contributed by atoms with Crippen LogP contribution in [0.3, 0.4) is 0 Å². The molecule has 2 rings (SSSR count). The molecule has 0 aromatic heterocycles. The van der Waals surface area contributed by atoms with Crippen molar-refractivity contribution in [2.75, 3.05) is 19.7 Å². The van der Waals surface area contributed by atoms with Crippen molar-refractivity contribution in [2.24, 2.45) is 0 Å². The fourth-order valence-electron chi connectivity index (χ4n) is 2.01. The fourth-order valence-corrected chi connectivity index (χ4v) is 2.01. The van der Waals surface area contributed by atoms with Crippen LogP contribution in [0.15, 0.2) is 30.3 Å². The van der Waals surface area contributed by atoms with Crippen LogP contribution < -0.4 is 4.74 Å². The molecule has 0 atom stereocenters. The lowest BCUT2D eigenvalue weighted by Gasteiger charge is -2.11. The van der Waals surface area contributed by atoms with Gasteiger partial charge >= 0.3 is 0 Å². The molecule has 1 saturated heterocycles. The average molecular weight is 255 g/mol. The number of carbonyl (C=O) groups is 1. The molecule has 0 bridgehead atoms. The molecule has 0 radical (unpaired) electrons. The molecule has 1 aromatic carbocycles. The zero-order valence-corrected chi connectivity index (χ0v) is 10.8. The highest BCUT2D eigenvalue weighted by atomic mass is 16.5. The molecule has 3 nitrogen and oxygen atoms in total. The van der Waals surface area contributed by atoms with Crippen molar-refractivity contribution in [3.05, 3.63) is 35.9 Å². The van der Waals surface area contributed by atoms with Gasteiger partial charge in [-0.2, -0.15) is 0 Å². The van der Waals surface area contributed by atoms with Crippen molar-refractivity contribution in [3.8, 4) is 18.1 Å². The minimum atomic E-state index is 0.0881. The highest BCUT2D eigenvalue weighted by Gasteiger charge is 2.14. The van der Waals surface area contributed by atoms with Gasteiger partial charge in [0.25, 0.3) is 0 Å². The third-order valence-electron chi connectivity index (χ3n) is 3.04. The highest BCUT2D eigenvalue weighted by Crippen LogP contribution is 2.14. The zero-order chi connectivity index (χ0) is 13.5. The van der Waals surface area contributed by atoms with Crippen LogP contribution in [0.25, 0.3) is 6.08 Å². The maximum atomic E-state index is 11.8. The lowest BCUT2D eigenvalue weighted by Crippen LogP contribution is -2.25. The van der Waals surface area contributed by atoms with Gasteiger partial charge in [0, 0.05) is 19.2 Å². The number of hydrogen-bond donors (Lipinski definition) is 0. The summed E-state index contributed by atoms with van der Waals surface area (Å²) in [6.07, 6.45) is 10.8. The molecule has 0 saturated carbocycles. The molecule has 1 aromatic rings. The summed E-state index contributed by atoms with van der Waals surface area (Å²) in [6.45, 7) is 2.02. The van der Waals surface area contributed by atoms with E-state index in [1.807, 2.05) is 35.2 Å². The standard InChI is InChI=1S/C16H17NO2/c1-2-13-19-15-8-5-14(6-9-15)7-10-16(18)17-11-3-4-12-17/h1,5-10H,3-4,11-13H2/b10-7+. The van der Waals surface area contributed by atoms with Crippen LogP contribution in [0.4, 0.5) is 0 Å². The first-order chi connectivity index (χ1) is 9.29. The number of hydrogen-bond acceptors (Lipinski definition) is 2. The van der Waals surface area contributed by atoms with Crippen molar-refractivity contribution >= 4 is 12.0 Å². The fraction of sp³-hybridized carbons (Fsp3) is 0.312. The van der Waals surface area contributed by atoms with E-state index in [0.717, 1.165) is 37.2 Å². The van der Waals surface area contributed by atoms with Crippen molar-refractivity contribution in [1.29, 1.82) is 0 Å². The number of benzene rings is 1. The average Bonchev–Trinajstić information content (AvgIpc) is 2.98. The molecule has 19 heavy (non-hydrogen) atoms. The first-order valence-electron chi connectivity index (χ1n) is 6.43. The molecule has 0 unspecified atom stereocenters. The molecule has 1 amide bonds. The van der Waals surface area contributed by atoms with Crippen LogP contribution in [-0.2, 0) is 4.79 Å². The third-order valence-corrected chi connectivity index (χ3v) is 3.04. The topological polar surface area (TPSA) is 29.5 Å². The van der Waals surface area contributed by atoms with Crippen molar-refractivity contribution in [3.63, 3.8) is 0 Å². The second kappa shape index (κ2) is 6.65. The number of nitrogens with zero attached hydrogens (tertiary/aromatic N) is 1. The molecule has 0 aliphatic carbocycles. The van der Waals surface area contributed by atoms with E-state index in [9.17, 15) is 4.79 Å². The van der Waals surface area contributed by atoms with E-state index in [2.05, 4.69) is 5.92 Å². The SMILES string of the molecule is C#CCOc1ccc(/C=C/C(=O)N2CCCC2)cc1. The quantitative estimate of drug-likeness (QED) is 0.610. The van der Waals surface area contributed by atoms with E-state index in [4.69, 9.17) is 11.2 Å². The van der Waals surface area contributed by atoms with Gasteiger partial charge in [0.15, 0.2) is 0 Å². The Bertz CT molecular complexity index is 490. The van der Waals surface area contributed by atoms with Gasteiger partial charge in [0.2, 0.25) is 5.91 Å². The number of rotatable bonds is 4. The van der Waals surface area contributed by atoms with Gasteiger partial charge in [-0.25, -0.2) is 0 Å². The van der Waals surface area contributed by atoms with E-state index in [-0.39, 0.29) is 12.5 Å². The van der Waals surface area contributed by atoms with Crippen LogP contribution in [0.5, 0.6) is 5.75 Å². The van der Waals surface area contributed by atoms with Crippen molar-refractivity contribution in [1.82, 2.24) is 4.90 Å². The van der Waals surface area contributed by atoms with Crippen LogP contribution in [0.2, 0.25) is 0 Å². The number of amides is 1. The summed E-state index contributed by atoms with van der Waals surface area (Å²) in [5.74, 6) is 3.24. The Hall–Kier alpha value is -2.21. The Labute approximate surface area is 113 Å². The molecule has 1 fully saturated rings.